The lowest BCUT2D eigenvalue weighted by molar-refractivity contribution is 0.381. The van der Waals surface area contributed by atoms with Crippen molar-refractivity contribution in [3.8, 4) is 6.07 Å². The minimum absolute atomic E-state index is 0.166. The minimum Gasteiger partial charge on any atom is -0.366 e. The predicted octanol–water partition coefficient (Wildman–Crippen LogP) is 6.93. The highest BCUT2D eigenvalue weighted by molar-refractivity contribution is 9.10. The average Bonchev–Trinajstić information content (AvgIpc) is 2.60. The van der Waals surface area contributed by atoms with Crippen molar-refractivity contribution in [3.05, 3.63) is 63.1 Å². The van der Waals surface area contributed by atoms with E-state index in [1.54, 1.807) is 0 Å². The molecule has 0 unspecified atom stereocenters. The van der Waals surface area contributed by atoms with E-state index in [2.05, 4.69) is 73.7 Å². The fraction of sp³-hybridized carbons (Fsp3) is 0.375. The van der Waals surface area contributed by atoms with Gasteiger partial charge in [-0.25, -0.2) is 0 Å². The van der Waals surface area contributed by atoms with Crippen LogP contribution in [-0.4, -0.2) is 12.1 Å². The topological polar surface area (TPSA) is 27.0 Å². The number of benzene rings is 2. The Balaban J connectivity index is 2.11. The van der Waals surface area contributed by atoms with Gasteiger partial charge in [-0.2, -0.15) is 5.26 Å². The van der Waals surface area contributed by atoms with Gasteiger partial charge in [0, 0.05) is 22.2 Å². The van der Waals surface area contributed by atoms with Crippen molar-refractivity contribution < 1.29 is 0 Å². The Morgan fingerprint density at radius 1 is 1.33 bits per heavy atom. The molecule has 1 aliphatic rings. The number of rotatable bonds is 3. The molecule has 0 aromatic heterocycles. The fourth-order valence-corrected chi connectivity index (χ4v) is 4.80. The molecule has 140 valence electrons. The molecule has 0 saturated carbocycles. The normalized spacial score (nSPS) is 18.8. The Kier molecular flexibility index (Phi) is 5.49. The minimum atomic E-state index is 0.166. The molecule has 1 aliphatic heterocycles. The molecule has 2 aromatic carbocycles. The molecular formula is C24H27BrN2. The van der Waals surface area contributed by atoms with Crippen LogP contribution in [0.5, 0.6) is 0 Å². The fourth-order valence-electron chi connectivity index (χ4n) is 4.40. The van der Waals surface area contributed by atoms with Crippen molar-refractivity contribution in [2.24, 2.45) is 0 Å². The third kappa shape index (κ3) is 3.82. The molecule has 0 aliphatic carbocycles. The smallest absolute Gasteiger partial charge is 0.0998 e. The lowest BCUT2D eigenvalue weighted by Gasteiger charge is -2.47. The van der Waals surface area contributed by atoms with Crippen molar-refractivity contribution in [3.63, 3.8) is 0 Å². The van der Waals surface area contributed by atoms with Gasteiger partial charge >= 0.3 is 0 Å². The first-order chi connectivity index (χ1) is 12.8. The molecular weight excluding hydrogens is 396 g/mol. The van der Waals surface area contributed by atoms with Crippen LogP contribution in [0.3, 0.4) is 0 Å². The molecule has 0 N–H and O–H groups in total. The Morgan fingerprint density at radius 2 is 2.07 bits per heavy atom. The van der Waals surface area contributed by atoms with Gasteiger partial charge in [0.05, 0.1) is 11.6 Å². The highest BCUT2D eigenvalue weighted by atomic mass is 79.9. The molecule has 1 heterocycles. The Hall–Kier alpha value is -2.05. The summed E-state index contributed by atoms with van der Waals surface area (Å²) in [4.78, 5) is 2.52. The molecule has 27 heavy (non-hydrogen) atoms. The maximum absolute atomic E-state index is 9.72. The standard InChI is InChI=1S/C24H27BrN2/c1-6-27-23-10-16(2)19(13-22(23)17(3)14-24(27,4)5)11-20(15-26)18-8-7-9-21(25)12-18/h7-13,17H,6,14H2,1-5H3/b20-11-/t17-/m1/s1. The maximum Gasteiger partial charge on any atom is 0.0998 e. The first kappa shape index (κ1) is 19.7. The summed E-state index contributed by atoms with van der Waals surface area (Å²) >= 11 is 3.50. The van der Waals surface area contributed by atoms with Gasteiger partial charge < -0.3 is 4.90 Å². The number of nitriles is 1. The summed E-state index contributed by atoms with van der Waals surface area (Å²) in [6.45, 7) is 12.4. The average molecular weight is 423 g/mol. The van der Waals surface area contributed by atoms with Gasteiger partial charge in [0.1, 0.15) is 0 Å². The van der Waals surface area contributed by atoms with E-state index in [-0.39, 0.29) is 5.54 Å². The third-order valence-corrected chi connectivity index (χ3v) is 6.14. The largest absolute Gasteiger partial charge is 0.366 e. The number of halogens is 1. The molecule has 0 fully saturated rings. The SMILES string of the molecule is CCN1c2cc(C)c(/C=C(/C#N)c3cccc(Br)c3)cc2[C@H](C)CC1(C)C. The van der Waals surface area contributed by atoms with Crippen LogP contribution in [0.2, 0.25) is 0 Å². The van der Waals surface area contributed by atoms with Gasteiger partial charge in [0.15, 0.2) is 0 Å². The van der Waals surface area contributed by atoms with E-state index in [0.717, 1.165) is 28.6 Å². The number of anilines is 1. The number of aryl methyl sites for hydroxylation is 1. The molecule has 0 amide bonds. The van der Waals surface area contributed by atoms with Crippen molar-refractivity contribution in [2.45, 2.75) is 52.5 Å². The van der Waals surface area contributed by atoms with E-state index in [1.807, 2.05) is 30.3 Å². The van der Waals surface area contributed by atoms with Crippen molar-refractivity contribution in [1.29, 1.82) is 5.26 Å². The molecule has 2 nitrogen and oxygen atoms in total. The second-order valence-corrected chi connectivity index (χ2v) is 9.03. The van der Waals surface area contributed by atoms with Crippen LogP contribution in [0, 0.1) is 18.3 Å². The zero-order valence-electron chi connectivity index (χ0n) is 16.8. The summed E-state index contributed by atoms with van der Waals surface area (Å²) < 4.78 is 0.984. The number of hydrogen-bond acceptors (Lipinski definition) is 2. The number of nitrogens with zero attached hydrogens (tertiary/aromatic N) is 2. The second kappa shape index (κ2) is 7.52. The lowest BCUT2D eigenvalue weighted by atomic mass is 9.79. The molecule has 1 atom stereocenters. The Bertz CT molecular complexity index is 934. The summed E-state index contributed by atoms with van der Waals surface area (Å²) in [5.74, 6) is 0.502. The predicted molar refractivity (Wildman–Crippen MR) is 119 cm³/mol. The zero-order chi connectivity index (χ0) is 19.8. The van der Waals surface area contributed by atoms with Gasteiger partial charge in [-0.05, 0) is 92.6 Å². The molecule has 3 rings (SSSR count). The third-order valence-electron chi connectivity index (χ3n) is 5.65. The van der Waals surface area contributed by atoms with Gasteiger partial charge in [-0.3, -0.25) is 0 Å². The van der Waals surface area contributed by atoms with Gasteiger partial charge in [-0.15, -0.1) is 0 Å². The highest BCUT2D eigenvalue weighted by Gasteiger charge is 2.35. The quantitative estimate of drug-likeness (QED) is 0.395. The first-order valence-corrected chi connectivity index (χ1v) is 10.4. The molecule has 0 saturated heterocycles. The number of hydrogen-bond donors (Lipinski definition) is 0. The number of allylic oxidation sites excluding steroid dienone is 1. The van der Waals surface area contributed by atoms with E-state index >= 15 is 0 Å². The summed E-state index contributed by atoms with van der Waals surface area (Å²) in [6, 6.07) is 14.9. The molecule has 0 bridgehead atoms. The van der Waals surface area contributed by atoms with Crippen LogP contribution in [0.1, 0.15) is 62.3 Å². The van der Waals surface area contributed by atoms with E-state index in [1.165, 1.54) is 16.8 Å². The molecule has 2 aromatic rings. The first-order valence-electron chi connectivity index (χ1n) is 9.56. The van der Waals surface area contributed by atoms with Gasteiger partial charge in [0.2, 0.25) is 0 Å². The van der Waals surface area contributed by atoms with E-state index in [4.69, 9.17) is 0 Å². The molecule has 3 heteroatoms. The Morgan fingerprint density at radius 3 is 2.70 bits per heavy atom. The number of fused-ring (bicyclic) bond motifs is 1. The van der Waals surface area contributed by atoms with Gasteiger partial charge in [-0.1, -0.05) is 35.0 Å². The summed E-state index contributed by atoms with van der Waals surface area (Å²) in [5.41, 5.74) is 6.87. The van der Waals surface area contributed by atoms with Crippen LogP contribution in [0.4, 0.5) is 5.69 Å². The monoisotopic (exact) mass is 422 g/mol. The summed E-state index contributed by atoms with van der Waals surface area (Å²) in [6.07, 6.45) is 3.16. The van der Waals surface area contributed by atoms with E-state index < -0.39 is 0 Å². The Labute approximate surface area is 171 Å². The molecule has 0 radical (unpaired) electrons. The van der Waals surface area contributed by atoms with Crippen LogP contribution in [0.25, 0.3) is 11.6 Å². The molecule has 0 spiro atoms. The maximum atomic E-state index is 9.72. The summed E-state index contributed by atoms with van der Waals surface area (Å²) in [7, 11) is 0. The van der Waals surface area contributed by atoms with E-state index in [0.29, 0.717) is 11.5 Å². The van der Waals surface area contributed by atoms with Crippen LogP contribution in [-0.2, 0) is 0 Å². The highest BCUT2D eigenvalue weighted by Crippen LogP contribution is 2.44. The van der Waals surface area contributed by atoms with E-state index in [9.17, 15) is 5.26 Å². The lowest BCUT2D eigenvalue weighted by Crippen LogP contribution is -2.48. The van der Waals surface area contributed by atoms with Crippen LogP contribution in [0.15, 0.2) is 40.9 Å². The van der Waals surface area contributed by atoms with Crippen LogP contribution >= 0.6 is 15.9 Å². The van der Waals surface area contributed by atoms with Crippen molar-refractivity contribution >= 4 is 33.3 Å². The second-order valence-electron chi connectivity index (χ2n) is 8.11. The summed E-state index contributed by atoms with van der Waals surface area (Å²) in [5, 5.41) is 9.72. The zero-order valence-corrected chi connectivity index (χ0v) is 18.4. The van der Waals surface area contributed by atoms with Crippen molar-refractivity contribution in [2.75, 3.05) is 11.4 Å². The van der Waals surface area contributed by atoms with Crippen molar-refractivity contribution in [1.82, 2.24) is 0 Å². The van der Waals surface area contributed by atoms with Gasteiger partial charge in [0.25, 0.3) is 0 Å². The van der Waals surface area contributed by atoms with Crippen LogP contribution < -0.4 is 4.90 Å².